The highest BCUT2D eigenvalue weighted by Crippen LogP contribution is 2.24. The van der Waals surface area contributed by atoms with Crippen molar-refractivity contribution in [1.82, 2.24) is 5.32 Å². The van der Waals surface area contributed by atoms with Gasteiger partial charge in [-0.25, -0.2) is 0 Å². The zero-order valence-electron chi connectivity index (χ0n) is 13.7. The molecule has 0 fully saturated rings. The van der Waals surface area contributed by atoms with Crippen molar-refractivity contribution in [1.29, 1.82) is 5.26 Å². The van der Waals surface area contributed by atoms with E-state index in [1.165, 1.54) is 18.2 Å². The molecule has 0 aromatic heterocycles. The number of nitriles is 1. The number of amides is 1. The quantitative estimate of drug-likeness (QED) is 0.798. The van der Waals surface area contributed by atoms with Gasteiger partial charge in [-0.05, 0) is 31.0 Å². The number of carbonyl (C=O) groups is 1. The van der Waals surface area contributed by atoms with E-state index in [2.05, 4.69) is 15.4 Å². The number of hydrogen-bond donors (Lipinski definition) is 2. The predicted octanol–water partition coefficient (Wildman–Crippen LogP) is 3.07. The van der Waals surface area contributed by atoms with Crippen molar-refractivity contribution in [3.63, 3.8) is 0 Å². The molecule has 5 nitrogen and oxygen atoms in total. The van der Waals surface area contributed by atoms with Crippen LogP contribution in [0, 0.1) is 17.2 Å². The van der Waals surface area contributed by atoms with Crippen molar-refractivity contribution < 1.29 is 22.7 Å². The van der Waals surface area contributed by atoms with Crippen LogP contribution in [0.5, 0.6) is 5.75 Å². The van der Waals surface area contributed by atoms with Gasteiger partial charge in [0.25, 0.3) is 0 Å². The highest BCUT2D eigenvalue weighted by Gasteiger charge is 2.28. The topological polar surface area (TPSA) is 74.2 Å². The molecule has 1 aromatic carbocycles. The van der Waals surface area contributed by atoms with Crippen LogP contribution in [0.15, 0.2) is 18.2 Å². The van der Waals surface area contributed by atoms with Crippen molar-refractivity contribution in [3.8, 4) is 11.8 Å². The molecule has 2 N–H and O–H groups in total. The molecule has 0 saturated heterocycles. The van der Waals surface area contributed by atoms with Crippen molar-refractivity contribution >= 4 is 11.6 Å². The van der Waals surface area contributed by atoms with Gasteiger partial charge in [0, 0.05) is 11.7 Å². The van der Waals surface area contributed by atoms with Crippen LogP contribution in [0.3, 0.4) is 0 Å². The average molecular weight is 343 g/mol. The maximum Gasteiger partial charge on any atom is 0.422 e. The minimum atomic E-state index is -4.48. The van der Waals surface area contributed by atoms with Crippen LogP contribution >= 0.6 is 0 Å². The molecule has 8 heteroatoms. The zero-order valence-corrected chi connectivity index (χ0v) is 13.7. The van der Waals surface area contributed by atoms with Gasteiger partial charge in [-0.3, -0.25) is 4.79 Å². The number of carbonyl (C=O) groups excluding carboxylic acids is 1. The third-order valence-corrected chi connectivity index (χ3v) is 3.33. The summed E-state index contributed by atoms with van der Waals surface area (Å²) in [5.41, 5.74) is 0.401. The fraction of sp³-hybridized carbons (Fsp3) is 0.500. The van der Waals surface area contributed by atoms with Gasteiger partial charge in [0.15, 0.2) is 6.61 Å². The van der Waals surface area contributed by atoms with Gasteiger partial charge in [0.1, 0.15) is 11.8 Å². The summed E-state index contributed by atoms with van der Waals surface area (Å²) >= 11 is 0. The van der Waals surface area contributed by atoms with Crippen LogP contribution in [0.1, 0.15) is 26.3 Å². The van der Waals surface area contributed by atoms with Gasteiger partial charge < -0.3 is 15.4 Å². The first kappa shape index (κ1) is 19.6. The lowest BCUT2D eigenvalue weighted by molar-refractivity contribution is -0.153. The second-order valence-electron chi connectivity index (χ2n) is 5.68. The Kier molecular flexibility index (Phi) is 6.89. The van der Waals surface area contributed by atoms with Crippen molar-refractivity contribution in [3.05, 3.63) is 23.8 Å². The molecular formula is C16H20F3N3O2. The third-order valence-electron chi connectivity index (χ3n) is 3.33. The molecule has 0 aliphatic heterocycles. The van der Waals surface area contributed by atoms with Crippen molar-refractivity contribution in [2.75, 3.05) is 18.5 Å². The lowest BCUT2D eigenvalue weighted by atomic mass is 10.1. The van der Waals surface area contributed by atoms with Crippen LogP contribution in [0.2, 0.25) is 0 Å². The third kappa shape index (κ3) is 6.77. The minimum absolute atomic E-state index is 0.00924. The van der Waals surface area contributed by atoms with E-state index in [0.717, 1.165) is 0 Å². The lowest BCUT2D eigenvalue weighted by Gasteiger charge is -2.18. The molecule has 1 atom stereocenters. The largest absolute Gasteiger partial charge is 0.483 e. The maximum atomic E-state index is 12.2. The smallest absolute Gasteiger partial charge is 0.422 e. The lowest BCUT2D eigenvalue weighted by Crippen LogP contribution is -2.39. The molecule has 1 aromatic rings. The first-order chi connectivity index (χ1) is 11.1. The van der Waals surface area contributed by atoms with Crippen LogP contribution in [0.4, 0.5) is 18.9 Å². The fourth-order valence-corrected chi connectivity index (χ4v) is 1.67. The number of benzene rings is 1. The number of anilines is 1. The normalized spacial score (nSPS) is 12.4. The standard InChI is InChI=1S/C16H20F3N3O2/c1-10(2)11(3)22-15(23)8-21-13-4-5-14(12(6-13)7-20)24-9-16(17,18)19/h4-6,10-11,21H,8-9H2,1-3H3,(H,22,23)/t11-/m1/s1. The molecule has 0 aliphatic carbocycles. The molecule has 24 heavy (non-hydrogen) atoms. The SMILES string of the molecule is CC(C)[C@@H](C)NC(=O)CNc1ccc(OCC(F)(F)F)c(C#N)c1. The summed E-state index contributed by atoms with van der Waals surface area (Å²) in [6, 6.07) is 5.85. The van der Waals surface area contributed by atoms with Crippen LogP contribution < -0.4 is 15.4 Å². The molecule has 0 heterocycles. The molecule has 0 spiro atoms. The van der Waals surface area contributed by atoms with E-state index in [-0.39, 0.29) is 29.8 Å². The van der Waals surface area contributed by atoms with Gasteiger partial charge in [0.05, 0.1) is 12.1 Å². The molecule has 132 valence electrons. The number of hydrogen-bond acceptors (Lipinski definition) is 4. The zero-order chi connectivity index (χ0) is 18.3. The Morgan fingerprint density at radius 1 is 1.33 bits per heavy atom. The summed E-state index contributed by atoms with van der Waals surface area (Å²) in [6.45, 7) is 4.38. The molecule has 0 aliphatic rings. The van der Waals surface area contributed by atoms with E-state index in [4.69, 9.17) is 5.26 Å². The van der Waals surface area contributed by atoms with Gasteiger partial charge in [0.2, 0.25) is 5.91 Å². The number of halogens is 3. The summed E-state index contributed by atoms with van der Waals surface area (Å²) < 4.78 is 41.1. The summed E-state index contributed by atoms with van der Waals surface area (Å²) in [4.78, 5) is 11.8. The first-order valence-electron chi connectivity index (χ1n) is 7.39. The molecule has 0 bridgehead atoms. The number of ether oxygens (including phenoxy) is 1. The van der Waals surface area contributed by atoms with E-state index in [1.807, 2.05) is 20.8 Å². The van der Waals surface area contributed by atoms with E-state index < -0.39 is 12.8 Å². The second kappa shape index (κ2) is 8.43. The average Bonchev–Trinajstić information content (AvgIpc) is 2.50. The van der Waals surface area contributed by atoms with Crippen LogP contribution in [-0.4, -0.2) is 31.3 Å². The van der Waals surface area contributed by atoms with Gasteiger partial charge in [-0.15, -0.1) is 0 Å². The molecule has 0 unspecified atom stereocenters. The Labute approximate surface area is 138 Å². The summed E-state index contributed by atoms with van der Waals surface area (Å²) in [5.74, 6) is -0.0745. The Morgan fingerprint density at radius 3 is 2.54 bits per heavy atom. The number of nitrogens with one attached hydrogen (secondary N) is 2. The number of alkyl halides is 3. The van der Waals surface area contributed by atoms with E-state index in [9.17, 15) is 18.0 Å². The van der Waals surface area contributed by atoms with E-state index in [0.29, 0.717) is 11.6 Å². The summed E-state index contributed by atoms with van der Waals surface area (Å²) in [5, 5.41) is 14.6. The number of rotatable bonds is 7. The molecule has 0 saturated carbocycles. The molecule has 1 rings (SSSR count). The number of nitrogens with zero attached hydrogens (tertiary/aromatic N) is 1. The van der Waals surface area contributed by atoms with E-state index in [1.54, 1.807) is 6.07 Å². The maximum absolute atomic E-state index is 12.2. The fourth-order valence-electron chi connectivity index (χ4n) is 1.67. The van der Waals surface area contributed by atoms with Crippen molar-refractivity contribution in [2.24, 2.45) is 5.92 Å². The first-order valence-corrected chi connectivity index (χ1v) is 7.39. The molecule has 1 amide bonds. The Bertz CT molecular complexity index is 610. The van der Waals surface area contributed by atoms with Gasteiger partial charge in [-0.1, -0.05) is 13.8 Å². The Morgan fingerprint density at radius 2 is 2.00 bits per heavy atom. The monoisotopic (exact) mass is 343 g/mol. The van der Waals surface area contributed by atoms with Gasteiger partial charge in [-0.2, -0.15) is 18.4 Å². The predicted molar refractivity (Wildman–Crippen MR) is 83.6 cm³/mol. The Hall–Kier alpha value is -2.43. The highest BCUT2D eigenvalue weighted by atomic mass is 19.4. The molecule has 0 radical (unpaired) electrons. The van der Waals surface area contributed by atoms with E-state index >= 15 is 0 Å². The van der Waals surface area contributed by atoms with Crippen LogP contribution in [0.25, 0.3) is 0 Å². The Balaban J connectivity index is 2.65. The summed E-state index contributed by atoms with van der Waals surface area (Å²) in [7, 11) is 0. The van der Waals surface area contributed by atoms with Crippen molar-refractivity contribution in [2.45, 2.75) is 33.0 Å². The molecular weight excluding hydrogens is 323 g/mol. The summed E-state index contributed by atoms with van der Waals surface area (Å²) in [6.07, 6.45) is -4.48. The minimum Gasteiger partial charge on any atom is -0.483 e. The second-order valence-corrected chi connectivity index (χ2v) is 5.68. The highest BCUT2D eigenvalue weighted by molar-refractivity contribution is 5.81. The van der Waals surface area contributed by atoms with Gasteiger partial charge >= 0.3 is 6.18 Å². The van der Waals surface area contributed by atoms with Crippen LogP contribution in [-0.2, 0) is 4.79 Å².